The molecule has 3 atom stereocenters. The number of carbonyl (C=O) groups is 2. The summed E-state index contributed by atoms with van der Waals surface area (Å²) in [5.41, 5.74) is 6.47. The molecule has 2 aliphatic heterocycles. The Morgan fingerprint density at radius 1 is 1.24 bits per heavy atom. The molecule has 3 aliphatic rings. The quantitative estimate of drug-likeness (QED) is 0.671. The molecule has 182 valence electrons. The highest BCUT2D eigenvalue weighted by Gasteiger charge is 2.47. The number of carbonyl (C=O) groups excluding carboxylic acids is 2. The van der Waals surface area contributed by atoms with Gasteiger partial charge in [0.25, 0.3) is 0 Å². The van der Waals surface area contributed by atoms with E-state index >= 15 is 0 Å². The number of ether oxygens (including phenoxy) is 1. The van der Waals surface area contributed by atoms with Crippen molar-refractivity contribution in [1.82, 2.24) is 10.2 Å². The number of guanidine groups is 1. The zero-order chi connectivity index (χ0) is 24.4. The molecule has 1 saturated carbocycles. The first kappa shape index (κ1) is 25.1. The van der Waals surface area contributed by atoms with Gasteiger partial charge in [-0.3, -0.25) is 14.5 Å². The third kappa shape index (κ3) is 5.33. The van der Waals surface area contributed by atoms with Crippen molar-refractivity contribution < 1.29 is 14.3 Å². The van der Waals surface area contributed by atoms with Crippen LogP contribution in [0.3, 0.4) is 0 Å². The first-order valence-electron chi connectivity index (χ1n) is 12.4. The van der Waals surface area contributed by atoms with E-state index in [4.69, 9.17) is 10.5 Å². The molecular formula is C26H40N4O3. The summed E-state index contributed by atoms with van der Waals surface area (Å²) < 4.78 is 6.07. The normalized spacial score (nSPS) is 26.7. The molecule has 0 radical (unpaired) electrons. The van der Waals surface area contributed by atoms with Gasteiger partial charge in [0, 0.05) is 24.4 Å². The first-order chi connectivity index (χ1) is 15.7. The summed E-state index contributed by atoms with van der Waals surface area (Å²) in [5, 5.41) is 3.23. The molecule has 2 amide bonds. The van der Waals surface area contributed by atoms with Gasteiger partial charge >= 0.3 is 0 Å². The predicted molar refractivity (Wildman–Crippen MR) is 131 cm³/mol. The van der Waals surface area contributed by atoms with Crippen LogP contribution in [-0.2, 0) is 9.59 Å². The summed E-state index contributed by atoms with van der Waals surface area (Å²) in [6, 6.07) is 7.80. The topological polar surface area (TPSA) is 97.0 Å². The van der Waals surface area contributed by atoms with E-state index in [1.807, 2.05) is 65.8 Å². The van der Waals surface area contributed by atoms with Gasteiger partial charge in [0.15, 0.2) is 5.96 Å². The minimum Gasteiger partial charge on any atom is -0.487 e. The van der Waals surface area contributed by atoms with Gasteiger partial charge in [-0.15, -0.1) is 0 Å². The van der Waals surface area contributed by atoms with Crippen LogP contribution < -0.4 is 15.8 Å². The molecule has 1 aromatic carbocycles. The Balaban J connectivity index is 0.00000149. The maximum absolute atomic E-state index is 13.0. The van der Waals surface area contributed by atoms with Crippen LogP contribution >= 0.6 is 0 Å². The van der Waals surface area contributed by atoms with Crippen molar-refractivity contribution in [3.8, 4) is 5.75 Å². The van der Waals surface area contributed by atoms with E-state index in [0.717, 1.165) is 30.6 Å². The lowest BCUT2D eigenvalue weighted by atomic mass is 9.88. The lowest BCUT2D eigenvalue weighted by molar-refractivity contribution is -0.130. The minimum atomic E-state index is -0.374. The number of nitrogens with two attached hydrogens (primary N) is 1. The van der Waals surface area contributed by atoms with Gasteiger partial charge in [-0.25, -0.2) is 4.99 Å². The number of amides is 2. The van der Waals surface area contributed by atoms with Crippen LogP contribution in [0, 0.1) is 11.8 Å². The van der Waals surface area contributed by atoms with E-state index in [2.05, 4.69) is 10.3 Å². The van der Waals surface area contributed by atoms with E-state index in [0.29, 0.717) is 25.3 Å². The number of hydrogen-bond acceptors (Lipinski definition) is 5. The van der Waals surface area contributed by atoms with Crippen molar-refractivity contribution in [2.45, 2.75) is 90.8 Å². The summed E-state index contributed by atoms with van der Waals surface area (Å²) in [4.78, 5) is 32.0. The summed E-state index contributed by atoms with van der Waals surface area (Å²) >= 11 is 0. The molecular weight excluding hydrogens is 416 g/mol. The SMILES string of the molecule is CC.CCC1(CC)CC(=O)N(C[C@H]2CC2C(=O)N[C@H]2CC(C)(C)Oc3ccccc32)C(N)=N1. The molecule has 3 N–H and O–H groups in total. The molecule has 2 heterocycles. The van der Waals surface area contributed by atoms with Gasteiger partial charge in [-0.1, -0.05) is 45.9 Å². The number of nitrogens with one attached hydrogen (secondary N) is 1. The third-order valence-corrected chi connectivity index (χ3v) is 7.10. The maximum Gasteiger partial charge on any atom is 0.231 e. The van der Waals surface area contributed by atoms with Crippen molar-refractivity contribution in [2.75, 3.05) is 6.54 Å². The van der Waals surface area contributed by atoms with Crippen molar-refractivity contribution in [3.05, 3.63) is 29.8 Å². The summed E-state index contributed by atoms with van der Waals surface area (Å²) in [5.74, 6) is 1.21. The highest BCUT2D eigenvalue weighted by Crippen LogP contribution is 2.43. The minimum absolute atomic E-state index is 0.0161. The molecule has 4 rings (SSSR count). The lowest BCUT2D eigenvalue weighted by Gasteiger charge is -2.38. The second-order valence-electron chi connectivity index (χ2n) is 9.85. The second-order valence-corrected chi connectivity index (χ2v) is 9.85. The van der Waals surface area contributed by atoms with Crippen LogP contribution in [0.5, 0.6) is 5.75 Å². The smallest absolute Gasteiger partial charge is 0.231 e. The maximum atomic E-state index is 13.0. The zero-order valence-electron chi connectivity index (χ0n) is 21.0. The van der Waals surface area contributed by atoms with E-state index in [1.165, 1.54) is 0 Å². The highest BCUT2D eigenvalue weighted by molar-refractivity contribution is 5.99. The fourth-order valence-electron chi connectivity index (χ4n) is 4.92. The highest BCUT2D eigenvalue weighted by atomic mass is 16.5. The van der Waals surface area contributed by atoms with Crippen LogP contribution in [0.2, 0.25) is 0 Å². The molecule has 0 spiro atoms. The fourth-order valence-corrected chi connectivity index (χ4v) is 4.92. The van der Waals surface area contributed by atoms with Crippen LogP contribution in [0.15, 0.2) is 29.3 Å². The number of fused-ring (bicyclic) bond motifs is 1. The predicted octanol–water partition coefficient (Wildman–Crippen LogP) is 4.17. The largest absolute Gasteiger partial charge is 0.487 e. The van der Waals surface area contributed by atoms with Crippen LogP contribution in [-0.4, -0.2) is 40.4 Å². The van der Waals surface area contributed by atoms with Crippen molar-refractivity contribution in [2.24, 2.45) is 22.6 Å². The Kier molecular flexibility index (Phi) is 7.39. The molecule has 1 fully saturated rings. The summed E-state index contributed by atoms with van der Waals surface area (Å²) in [6.45, 7) is 12.6. The van der Waals surface area contributed by atoms with Gasteiger partial charge < -0.3 is 15.8 Å². The Morgan fingerprint density at radius 2 is 1.91 bits per heavy atom. The average molecular weight is 457 g/mol. The Labute approximate surface area is 198 Å². The standard InChI is InChI=1S/C24H34N4O3.C2H6/c1-5-24(6-2)13-20(29)28(22(25)27-24)14-15-11-17(15)21(30)26-18-12-23(3,4)31-19-10-8-7-9-16(18)19;1-2/h7-10,15,17-18H,5-6,11-14H2,1-4H3,(H2,25,27)(H,26,30);1-2H3/t15-,17?,18+;/m1./s1. The Hall–Kier alpha value is -2.57. The Bertz CT molecular complexity index is 907. The van der Waals surface area contributed by atoms with Gasteiger partial charge in [-0.05, 0) is 45.1 Å². The van der Waals surface area contributed by atoms with Gasteiger partial charge in [0.05, 0.1) is 18.0 Å². The van der Waals surface area contributed by atoms with Crippen molar-refractivity contribution in [3.63, 3.8) is 0 Å². The number of benzene rings is 1. The number of nitrogens with zero attached hydrogens (tertiary/aromatic N) is 2. The summed E-state index contributed by atoms with van der Waals surface area (Å²) in [6.07, 6.45) is 3.46. The van der Waals surface area contributed by atoms with Crippen LogP contribution in [0.4, 0.5) is 0 Å². The van der Waals surface area contributed by atoms with E-state index in [1.54, 1.807) is 4.90 Å². The number of para-hydroxylation sites is 1. The number of hydrogen-bond donors (Lipinski definition) is 2. The molecule has 0 saturated heterocycles. The average Bonchev–Trinajstić information content (AvgIpc) is 3.56. The van der Waals surface area contributed by atoms with E-state index in [9.17, 15) is 9.59 Å². The summed E-state index contributed by atoms with van der Waals surface area (Å²) in [7, 11) is 0. The molecule has 1 aromatic rings. The number of rotatable bonds is 6. The van der Waals surface area contributed by atoms with Gasteiger partial charge in [0.1, 0.15) is 11.4 Å². The van der Waals surface area contributed by atoms with Crippen LogP contribution in [0.25, 0.3) is 0 Å². The van der Waals surface area contributed by atoms with Gasteiger partial charge in [-0.2, -0.15) is 0 Å². The third-order valence-electron chi connectivity index (χ3n) is 7.10. The molecule has 1 unspecified atom stereocenters. The second kappa shape index (κ2) is 9.74. The molecule has 1 aliphatic carbocycles. The lowest BCUT2D eigenvalue weighted by Crippen LogP contribution is -2.52. The monoisotopic (exact) mass is 456 g/mol. The van der Waals surface area contributed by atoms with Crippen molar-refractivity contribution in [1.29, 1.82) is 0 Å². The van der Waals surface area contributed by atoms with E-state index in [-0.39, 0.29) is 40.8 Å². The molecule has 7 nitrogen and oxygen atoms in total. The van der Waals surface area contributed by atoms with Crippen LogP contribution in [0.1, 0.15) is 85.3 Å². The van der Waals surface area contributed by atoms with Gasteiger partial charge in [0.2, 0.25) is 11.8 Å². The fraction of sp³-hybridized carbons (Fsp3) is 0.654. The molecule has 33 heavy (non-hydrogen) atoms. The zero-order valence-corrected chi connectivity index (χ0v) is 21.0. The Morgan fingerprint density at radius 3 is 2.55 bits per heavy atom. The van der Waals surface area contributed by atoms with Crippen molar-refractivity contribution >= 4 is 17.8 Å². The molecule has 7 heteroatoms. The first-order valence-corrected chi connectivity index (χ1v) is 12.4. The molecule has 0 aromatic heterocycles. The van der Waals surface area contributed by atoms with E-state index < -0.39 is 0 Å². The number of aliphatic imine (C=N–C) groups is 1. The molecule has 0 bridgehead atoms.